The zero-order valence-electron chi connectivity index (χ0n) is 10.7. The average Bonchev–Trinajstić information content (AvgIpc) is 2.68. The van der Waals surface area contributed by atoms with Crippen molar-refractivity contribution in [1.82, 2.24) is 0 Å². The first-order valence-electron chi connectivity index (χ1n) is 6.31. The van der Waals surface area contributed by atoms with Crippen LogP contribution in [-0.4, -0.2) is 0 Å². The van der Waals surface area contributed by atoms with Crippen LogP contribution in [0.5, 0.6) is 0 Å². The van der Waals surface area contributed by atoms with Crippen LogP contribution in [0.25, 0.3) is 0 Å². The van der Waals surface area contributed by atoms with E-state index in [0.29, 0.717) is 5.41 Å². The summed E-state index contributed by atoms with van der Waals surface area (Å²) < 4.78 is 5.41. The Morgan fingerprint density at radius 2 is 2.12 bits per heavy atom. The Kier molecular flexibility index (Phi) is 3.22. The van der Waals surface area contributed by atoms with Gasteiger partial charge >= 0.3 is 0 Å². The van der Waals surface area contributed by atoms with Gasteiger partial charge in [0.15, 0.2) is 0 Å². The Hall–Kier alpha value is -0.980. The molecule has 1 aliphatic carbocycles. The van der Waals surface area contributed by atoms with Gasteiger partial charge in [-0.2, -0.15) is 0 Å². The van der Waals surface area contributed by atoms with Gasteiger partial charge in [0.2, 0.25) is 0 Å². The van der Waals surface area contributed by atoms with Crippen LogP contribution in [0, 0.1) is 5.41 Å². The lowest BCUT2D eigenvalue weighted by Gasteiger charge is -2.34. The first-order chi connectivity index (χ1) is 7.59. The first kappa shape index (κ1) is 11.5. The van der Waals surface area contributed by atoms with Crippen molar-refractivity contribution in [1.29, 1.82) is 0 Å². The summed E-state index contributed by atoms with van der Waals surface area (Å²) in [6, 6.07) is 4.05. The van der Waals surface area contributed by atoms with Gasteiger partial charge in [0.25, 0.3) is 0 Å². The van der Waals surface area contributed by atoms with Gasteiger partial charge in [-0.25, -0.2) is 0 Å². The number of aryl methyl sites for hydroxylation is 1. The van der Waals surface area contributed by atoms with Crippen molar-refractivity contribution in [2.45, 2.75) is 52.9 Å². The van der Waals surface area contributed by atoms with Gasteiger partial charge in [-0.05, 0) is 50.2 Å². The second-order valence-corrected chi connectivity index (χ2v) is 5.58. The Labute approximate surface area is 98.5 Å². The van der Waals surface area contributed by atoms with E-state index in [1.807, 2.05) is 6.07 Å². The number of rotatable bonds is 3. The molecule has 1 heterocycles. The fraction of sp³-hybridized carbons (Fsp3) is 0.600. The van der Waals surface area contributed by atoms with Gasteiger partial charge in [0.05, 0.1) is 6.26 Å². The highest BCUT2D eigenvalue weighted by Crippen LogP contribution is 2.42. The maximum Gasteiger partial charge on any atom is 0.104 e. The van der Waals surface area contributed by atoms with Gasteiger partial charge in [-0.3, -0.25) is 0 Å². The lowest BCUT2D eigenvalue weighted by molar-refractivity contribution is 0.351. The van der Waals surface area contributed by atoms with E-state index >= 15 is 0 Å². The molecule has 0 N–H and O–H groups in total. The predicted molar refractivity (Wildman–Crippen MR) is 67.4 cm³/mol. The van der Waals surface area contributed by atoms with Crippen LogP contribution in [0.15, 0.2) is 34.0 Å². The molecule has 1 heteroatoms. The quantitative estimate of drug-likeness (QED) is 0.668. The minimum absolute atomic E-state index is 0.398. The number of furan rings is 1. The molecule has 0 amide bonds. The molecule has 0 saturated heterocycles. The molecule has 0 saturated carbocycles. The van der Waals surface area contributed by atoms with Crippen LogP contribution >= 0.6 is 0 Å². The standard InChI is InChI=1S/C15H22O/c1-12-6-4-10-15(2,3)14(12)9-8-13-7-5-11-16-13/h5,7,11H,4,6,8-10H2,1-3H3. The third-order valence-electron chi connectivity index (χ3n) is 3.89. The second kappa shape index (κ2) is 4.48. The molecule has 0 bridgehead atoms. The summed E-state index contributed by atoms with van der Waals surface area (Å²) in [6.45, 7) is 7.07. The smallest absolute Gasteiger partial charge is 0.104 e. The predicted octanol–water partition coefficient (Wildman–Crippen LogP) is 4.74. The summed E-state index contributed by atoms with van der Waals surface area (Å²) in [5.41, 5.74) is 3.67. The van der Waals surface area contributed by atoms with E-state index in [9.17, 15) is 0 Å². The van der Waals surface area contributed by atoms with Crippen molar-refractivity contribution in [3.05, 3.63) is 35.3 Å². The zero-order chi connectivity index (χ0) is 11.6. The molecule has 0 aliphatic heterocycles. The molecule has 1 aromatic heterocycles. The maximum atomic E-state index is 5.41. The fourth-order valence-electron chi connectivity index (χ4n) is 2.93. The van der Waals surface area contributed by atoms with E-state index in [2.05, 4.69) is 26.8 Å². The van der Waals surface area contributed by atoms with Gasteiger partial charge in [0.1, 0.15) is 5.76 Å². The Morgan fingerprint density at radius 3 is 2.75 bits per heavy atom. The lowest BCUT2D eigenvalue weighted by Crippen LogP contribution is -2.20. The minimum atomic E-state index is 0.398. The van der Waals surface area contributed by atoms with E-state index < -0.39 is 0 Å². The van der Waals surface area contributed by atoms with E-state index in [0.717, 1.165) is 18.6 Å². The molecule has 1 aliphatic rings. The lowest BCUT2D eigenvalue weighted by atomic mass is 9.71. The van der Waals surface area contributed by atoms with Crippen LogP contribution in [0.1, 0.15) is 52.2 Å². The molecule has 0 unspecified atom stereocenters. The monoisotopic (exact) mass is 218 g/mol. The van der Waals surface area contributed by atoms with Gasteiger partial charge in [-0.15, -0.1) is 0 Å². The van der Waals surface area contributed by atoms with E-state index in [1.165, 1.54) is 19.3 Å². The van der Waals surface area contributed by atoms with Crippen molar-refractivity contribution in [3.8, 4) is 0 Å². The third-order valence-corrected chi connectivity index (χ3v) is 3.89. The summed E-state index contributed by atoms with van der Waals surface area (Å²) in [4.78, 5) is 0. The summed E-state index contributed by atoms with van der Waals surface area (Å²) in [7, 11) is 0. The van der Waals surface area contributed by atoms with Gasteiger partial charge in [-0.1, -0.05) is 25.0 Å². The highest BCUT2D eigenvalue weighted by molar-refractivity contribution is 5.23. The van der Waals surface area contributed by atoms with Gasteiger partial charge in [0, 0.05) is 6.42 Å². The number of hydrogen-bond acceptors (Lipinski definition) is 1. The average molecular weight is 218 g/mol. The molecule has 1 nitrogen and oxygen atoms in total. The molecule has 16 heavy (non-hydrogen) atoms. The molecular weight excluding hydrogens is 196 g/mol. The largest absolute Gasteiger partial charge is 0.469 e. The fourth-order valence-corrected chi connectivity index (χ4v) is 2.93. The van der Waals surface area contributed by atoms with Crippen LogP contribution < -0.4 is 0 Å². The second-order valence-electron chi connectivity index (χ2n) is 5.58. The topological polar surface area (TPSA) is 13.1 Å². The van der Waals surface area contributed by atoms with Crippen molar-refractivity contribution in [3.63, 3.8) is 0 Å². The van der Waals surface area contributed by atoms with Crippen LogP contribution in [0.4, 0.5) is 0 Å². The Bertz CT molecular complexity index is 368. The van der Waals surface area contributed by atoms with Crippen LogP contribution in [0.3, 0.4) is 0 Å². The molecule has 0 atom stereocenters. The van der Waals surface area contributed by atoms with Crippen molar-refractivity contribution >= 4 is 0 Å². The highest BCUT2D eigenvalue weighted by atomic mass is 16.3. The number of allylic oxidation sites excluding steroid dienone is 2. The normalized spacial score (nSPS) is 20.2. The van der Waals surface area contributed by atoms with Crippen molar-refractivity contribution in [2.24, 2.45) is 5.41 Å². The molecule has 0 aromatic carbocycles. The van der Waals surface area contributed by atoms with Crippen molar-refractivity contribution in [2.75, 3.05) is 0 Å². The summed E-state index contributed by atoms with van der Waals surface area (Å²) in [6.07, 6.45) is 7.94. The molecule has 2 rings (SSSR count). The van der Waals surface area contributed by atoms with E-state index in [4.69, 9.17) is 4.42 Å². The van der Waals surface area contributed by atoms with Crippen molar-refractivity contribution < 1.29 is 4.42 Å². The van der Waals surface area contributed by atoms with E-state index in [-0.39, 0.29) is 0 Å². The van der Waals surface area contributed by atoms with E-state index in [1.54, 1.807) is 17.4 Å². The SMILES string of the molecule is CC1=C(CCc2ccco2)C(C)(C)CCC1. The minimum Gasteiger partial charge on any atom is -0.469 e. The van der Waals surface area contributed by atoms with Gasteiger partial charge < -0.3 is 4.42 Å². The summed E-state index contributed by atoms with van der Waals surface area (Å²) in [5, 5.41) is 0. The third kappa shape index (κ3) is 2.40. The molecule has 0 radical (unpaired) electrons. The molecular formula is C15H22O. The zero-order valence-corrected chi connectivity index (χ0v) is 10.7. The maximum absolute atomic E-state index is 5.41. The van der Waals surface area contributed by atoms with Crippen LogP contribution in [-0.2, 0) is 6.42 Å². The summed E-state index contributed by atoms with van der Waals surface area (Å²) in [5.74, 6) is 1.11. The summed E-state index contributed by atoms with van der Waals surface area (Å²) >= 11 is 0. The number of hydrogen-bond donors (Lipinski definition) is 0. The Morgan fingerprint density at radius 1 is 1.31 bits per heavy atom. The van der Waals surface area contributed by atoms with Crippen LogP contribution in [0.2, 0.25) is 0 Å². The molecule has 88 valence electrons. The highest BCUT2D eigenvalue weighted by Gasteiger charge is 2.27. The molecule has 0 fully saturated rings. The molecule has 0 spiro atoms. The Balaban J connectivity index is 2.07. The first-order valence-corrected chi connectivity index (χ1v) is 6.31. The molecule has 1 aromatic rings.